The normalized spacial score (nSPS) is 17.9. The molecule has 4 aromatic rings. The molecule has 4 heterocycles. The molecule has 10 nitrogen and oxygen atoms in total. The monoisotopic (exact) mass is 612 g/mol. The molecule has 0 unspecified atom stereocenters. The molecular formula is C27H29BrN6O4S. The van der Waals surface area contributed by atoms with Crippen LogP contribution in [0.2, 0.25) is 0 Å². The minimum absolute atomic E-state index is 0.155. The molecule has 1 amide bonds. The van der Waals surface area contributed by atoms with Crippen LogP contribution in [0.15, 0.2) is 70.3 Å². The molecule has 39 heavy (non-hydrogen) atoms. The average Bonchev–Trinajstić information content (AvgIpc) is 3.25. The van der Waals surface area contributed by atoms with E-state index in [1.54, 1.807) is 36.5 Å². The predicted molar refractivity (Wildman–Crippen MR) is 154 cm³/mol. The lowest BCUT2D eigenvalue weighted by Gasteiger charge is -2.43. The van der Waals surface area contributed by atoms with Crippen LogP contribution in [0, 0.1) is 6.92 Å². The maximum absolute atomic E-state index is 13.4. The predicted octanol–water partition coefficient (Wildman–Crippen LogP) is 4.93. The Labute approximate surface area is 235 Å². The number of benzene rings is 1. The second-order valence-electron chi connectivity index (χ2n) is 9.78. The number of piperazine rings is 1. The molecule has 1 aromatic carbocycles. The van der Waals surface area contributed by atoms with Crippen LogP contribution in [-0.4, -0.2) is 63.6 Å². The lowest BCUT2D eigenvalue weighted by Crippen LogP contribution is -2.58. The fourth-order valence-electron chi connectivity index (χ4n) is 5.05. The van der Waals surface area contributed by atoms with Crippen LogP contribution in [0.3, 0.4) is 0 Å². The summed E-state index contributed by atoms with van der Waals surface area (Å²) in [4.78, 5) is 24.6. The van der Waals surface area contributed by atoms with Crippen molar-refractivity contribution >= 4 is 54.6 Å². The summed E-state index contributed by atoms with van der Waals surface area (Å²) in [6, 6.07) is 14.0. The maximum Gasteiger partial charge on any atom is 0.407 e. The fraction of sp³-hybridized carbons (Fsp3) is 0.296. The van der Waals surface area contributed by atoms with Crippen molar-refractivity contribution in [2.75, 3.05) is 23.3 Å². The average molecular weight is 614 g/mol. The number of halogens is 1. The molecule has 0 saturated carbocycles. The van der Waals surface area contributed by atoms with Crippen LogP contribution >= 0.6 is 15.9 Å². The topological polar surface area (TPSA) is 121 Å². The number of fused-ring (bicyclic) bond motifs is 1. The summed E-state index contributed by atoms with van der Waals surface area (Å²) in [5.41, 5.74) is 2.80. The first-order valence-corrected chi connectivity index (χ1v) is 14.7. The van der Waals surface area contributed by atoms with E-state index < -0.39 is 16.1 Å². The largest absolute Gasteiger partial charge is 0.465 e. The number of pyridine rings is 2. The van der Waals surface area contributed by atoms with Gasteiger partial charge in [-0.25, -0.2) is 27.2 Å². The summed E-state index contributed by atoms with van der Waals surface area (Å²) < 4.78 is 28.6. The van der Waals surface area contributed by atoms with Gasteiger partial charge in [0.2, 0.25) is 0 Å². The maximum atomic E-state index is 13.4. The number of carboxylic acid groups (broad SMARTS) is 1. The molecule has 1 aliphatic heterocycles. The number of amides is 1. The number of carbonyl (C=O) groups is 1. The van der Waals surface area contributed by atoms with Crippen molar-refractivity contribution in [3.8, 4) is 0 Å². The Morgan fingerprint density at radius 3 is 2.46 bits per heavy atom. The molecule has 12 heteroatoms. The second kappa shape index (κ2) is 10.5. The van der Waals surface area contributed by atoms with Crippen LogP contribution in [0.25, 0.3) is 11.0 Å². The molecule has 204 valence electrons. The van der Waals surface area contributed by atoms with Crippen molar-refractivity contribution in [2.24, 2.45) is 0 Å². The third kappa shape index (κ3) is 5.18. The third-order valence-electron chi connectivity index (χ3n) is 6.90. The van der Waals surface area contributed by atoms with Crippen LogP contribution in [0.1, 0.15) is 25.1 Å². The van der Waals surface area contributed by atoms with Gasteiger partial charge < -0.3 is 15.3 Å². The number of hydrogen-bond acceptors (Lipinski definition) is 7. The summed E-state index contributed by atoms with van der Waals surface area (Å²) in [6.45, 7) is 7.22. The van der Waals surface area contributed by atoms with Crippen molar-refractivity contribution < 1.29 is 18.3 Å². The molecule has 3 aromatic heterocycles. The van der Waals surface area contributed by atoms with Gasteiger partial charge in [0.15, 0.2) is 5.65 Å². The number of rotatable bonds is 6. The highest BCUT2D eigenvalue weighted by Gasteiger charge is 2.33. The Morgan fingerprint density at radius 2 is 1.79 bits per heavy atom. The van der Waals surface area contributed by atoms with Gasteiger partial charge in [-0.3, -0.25) is 4.90 Å². The summed E-state index contributed by atoms with van der Waals surface area (Å²) >= 11 is 3.53. The zero-order chi connectivity index (χ0) is 27.9. The van der Waals surface area contributed by atoms with Gasteiger partial charge in [0.1, 0.15) is 5.82 Å². The summed E-state index contributed by atoms with van der Waals surface area (Å²) in [7, 11) is -3.84. The highest BCUT2D eigenvalue weighted by atomic mass is 79.9. The number of aryl methyl sites for hydroxylation is 1. The molecule has 1 fully saturated rings. The number of hydrogen-bond donors (Lipinski definition) is 2. The van der Waals surface area contributed by atoms with Crippen LogP contribution < -0.4 is 10.2 Å². The van der Waals surface area contributed by atoms with E-state index in [-0.39, 0.29) is 17.0 Å². The number of aromatic nitrogens is 3. The molecule has 0 spiro atoms. The van der Waals surface area contributed by atoms with Crippen LogP contribution in [0.4, 0.5) is 16.3 Å². The lowest BCUT2D eigenvalue weighted by molar-refractivity contribution is 0.0981. The van der Waals surface area contributed by atoms with Crippen molar-refractivity contribution in [3.05, 3.63) is 76.7 Å². The Bertz CT molecular complexity index is 1630. The zero-order valence-electron chi connectivity index (χ0n) is 21.7. The first-order valence-electron chi connectivity index (χ1n) is 12.5. The van der Waals surface area contributed by atoms with E-state index in [2.05, 4.69) is 31.1 Å². The highest BCUT2D eigenvalue weighted by Crippen LogP contribution is 2.34. The van der Waals surface area contributed by atoms with Gasteiger partial charge in [-0.1, -0.05) is 23.8 Å². The Kier molecular flexibility index (Phi) is 7.25. The van der Waals surface area contributed by atoms with E-state index in [9.17, 15) is 18.3 Å². The quantitative estimate of drug-likeness (QED) is 0.314. The summed E-state index contributed by atoms with van der Waals surface area (Å²) in [5.74, 6) is 0.787. The van der Waals surface area contributed by atoms with Gasteiger partial charge in [-0.15, -0.1) is 0 Å². The number of nitrogens with one attached hydrogen (secondary N) is 1. The SMILES string of the molecule is Cc1ccc(S(=O)(=O)n2cc(Br)c3c(NCc4cccc(N5C[C@@H](C)N(C(=O)O)[C@@H](C)C5)n4)ccnc32)cc1. The van der Waals surface area contributed by atoms with Crippen LogP contribution in [-0.2, 0) is 16.6 Å². The first kappa shape index (κ1) is 26.9. The number of anilines is 2. The minimum Gasteiger partial charge on any atom is -0.465 e. The van der Waals surface area contributed by atoms with Gasteiger partial charge in [0.05, 0.1) is 34.6 Å². The second-order valence-corrected chi connectivity index (χ2v) is 12.5. The molecule has 2 N–H and O–H groups in total. The van der Waals surface area contributed by atoms with Crippen molar-refractivity contribution in [2.45, 2.75) is 44.3 Å². The Hall–Kier alpha value is -3.64. The van der Waals surface area contributed by atoms with Gasteiger partial charge in [-0.05, 0) is 67.0 Å². The molecule has 0 aliphatic carbocycles. The minimum atomic E-state index is -3.84. The molecule has 0 radical (unpaired) electrons. The molecular weight excluding hydrogens is 584 g/mol. The van der Waals surface area contributed by atoms with Gasteiger partial charge in [0.25, 0.3) is 10.0 Å². The third-order valence-corrected chi connectivity index (χ3v) is 9.17. The molecule has 0 bridgehead atoms. The smallest absolute Gasteiger partial charge is 0.407 e. The first-order chi connectivity index (χ1) is 18.6. The Morgan fingerprint density at radius 1 is 1.10 bits per heavy atom. The van der Waals surface area contributed by atoms with E-state index >= 15 is 0 Å². The zero-order valence-corrected chi connectivity index (χ0v) is 24.1. The Balaban J connectivity index is 1.38. The van der Waals surface area contributed by atoms with Crippen molar-refractivity contribution in [3.63, 3.8) is 0 Å². The van der Waals surface area contributed by atoms with Crippen molar-refractivity contribution in [1.82, 2.24) is 18.8 Å². The van der Waals surface area contributed by atoms with Gasteiger partial charge in [0, 0.05) is 35.6 Å². The van der Waals surface area contributed by atoms with Crippen molar-refractivity contribution in [1.29, 1.82) is 0 Å². The van der Waals surface area contributed by atoms with E-state index in [1.807, 2.05) is 39.0 Å². The standard InChI is InChI=1S/C27H29BrN6O4S/c1-17-7-9-21(10-8-17)39(37,38)33-16-22(28)25-23(11-12-29-26(25)33)30-13-20-5-4-6-24(31-20)32-14-18(2)34(27(35)36)19(3)15-32/h4-12,16,18-19H,13-15H2,1-3H3,(H,29,30)(H,35,36)/t18-,19+. The highest BCUT2D eigenvalue weighted by molar-refractivity contribution is 9.10. The van der Waals surface area contributed by atoms with E-state index in [4.69, 9.17) is 4.98 Å². The number of nitrogens with zero attached hydrogens (tertiary/aromatic N) is 5. The summed E-state index contributed by atoms with van der Waals surface area (Å²) in [6.07, 6.45) is 2.19. The van der Waals surface area contributed by atoms with Crippen LogP contribution in [0.5, 0.6) is 0 Å². The molecule has 5 rings (SSSR count). The van der Waals surface area contributed by atoms with Gasteiger partial charge in [-0.2, -0.15) is 0 Å². The van der Waals surface area contributed by atoms with E-state index in [0.717, 1.165) is 17.1 Å². The fourth-order valence-corrected chi connectivity index (χ4v) is 7.10. The lowest BCUT2D eigenvalue weighted by atomic mass is 10.1. The summed E-state index contributed by atoms with van der Waals surface area (Å²) in [5, 5.41) is 13.5. The van der Waals surface area contributed by atoms with E-state index in [0.29, 0.717) is 40.8 Å². The van der Waals surface area contributed by atoms with Gasteiger partial charge >= 0.3 is 6.09 Å². The molecule has 2 atom stereocenters. The van der Waals surface area contributed by atoms with E-state index in [1.165, 1.54) is 15.1 Å². The molecule has 1 aliphatic rings. The molecule has 1 saturated heterocycles.